The van der Waals surface area contributed by atoms with Crippen molar-refractivity contribution in [2.45, 2.75) is 13.8 Å². The molecule has 22 heavy (non-hydrogen) atoms. The molecule has 0 amide bonds. The predicted molar refractivity (Wildman–Crippen MR) is 86.0 cm³/mol. The minimum absolute atomic E-state index is 0.792. The van der Waals surface area contributed by atoms with Crippen molar-refractivity contribution >= 4 is 47.2 Å². The average molecular weight is 344 g/mol. The first-order valence-electron chi connectivity index (χ1n) is 5.69. The molecule has 2 aromatic heterocycles. The Morgan fingerprint density at radius 1 is 0.864 bits per heavy atom. The molecule has 0 spiro atoms. The standard InChI is InChI=1S/2C5H4OS.2C2H4O2/c2*6-4-5-2-1-3-7-5;2*1-2(3)4/h2*1-4H;2*1H3,(H,3,4). The zero-order chi connectivity index (χ0) is 17.4. The number of aldehydes is 2. The van der Waals surface area contributed by atoms with E-state index in [1.165, 1.54) is 22.7 Å². The fraction of sp³-hybridized carbons (Fsp3) is 0.143. The van der Waals surface area contributed by atoms with Crippen LogP contribution in [0.2, 0.25) is 0 Å². The summed E-state index contributed by atoms with van der Waals surface area (Å²) < 4.78 is 0. The van der Waals surface area contributed by atoms with E-state index in [0.29, 0.717) is 0 Å². The molecule has 0 saturated heterocycles. The van der Waals surface area contributed by atoms with Crippen LogP contribution in [0.3, 0.4) is 0 Å². The number of carboxylic acids is 2. The molecule has 0 unspecified atom stereocenters. The Balaban J connectivity index is 0. The number of carboxylic acid groups (broad SMARTS) is 2. The van der Waals surface area contributed by atoms with Gasteiger partial charge in [-0.05, 0) is 22.9 Å². The Bertz CT molecular complexity index is 473. The van der Waals surface area contributed by atoms with Crippen LogP contribution in [0.4, 0.5) is 0 Å². The second-order valence-corrected chi connectivity index (χ2v) is 5.26. The van der Waals surface area contributed by atoms with Gasteiger partial charge >= 0.3 is 0 Å². The normalized spacial score (nSPS) is 7.73. The number of hydrogen-bond donors (Lipinski definition) is 2. The summed E-state index contributed by atoms with van der Waals surface area (Å²) in [6.07, 6.45) is 1.70. The molecule has 2 aromatic rings. The molecule has 0 aliphatic heterocycles. The lowest BCUT2D eigenvalue weighted by Gasteiger charge is -1.66. The summed E-state index contributed by atoms with van der Waals surface area (Å²) in [5.74, 6) is -1.67. The molecule has 2 heterocycles. The molecule has 120 valence electrons. The summed E-state index contributed by atoms with van der Waals surface area (Å²) >= 11 is 2.91. The highest BCUT2D eigenvalue weighted by Crippen LogP contribution is 2.03. The highest BCUT2D eigenvalue weighted by molar-refractivity contribution is 7.11. The number of thiophene rings is 2. The summed E-state index contributed by atoms with van der Waals surface area (Å²) in [5, 5.41) is 18.6. The number of rotatable bonds is 2. The first-order valence-corrected chi connectivity index (χ1v) is 7.45. The molecule has 0 bridgehead atoms. The van der Waals surface area contributed by atoms with Gasteiger partial charge in [-0.3, -0.25) is 19.2 Å². The Morgan fingerprint density at radius 3 is 1.23 bits per heavy atom. The van der Waals surface area contributed by atoms with E-state index in [0.717, 1.165) is 36.2 Å². The molecule has 0 saturated carbocycles. The summed E-state index contributed by atoms with van der Waals surface area (Å²) in [5.41, 5.74) is 0. The molecule has 0 radical (unpaired) electrons. The largest absolute Gasteiger partial charge is 0.481 e. The highest BCUT2D eigenvalue weighted by atomic mass is 32.1. The van der Waals surface area contributed by atoms with Crippen molar-refractivity contribution < 1.29 is 29.4 Å². The molecule has 0 atom stereocenters. The van der Waals surface area contributed by atoms with E-state index in [-0.39, 0.29) is 0 Å². The van der Waals surface area contributed by atoms with Gasteiger partial charge in [0.1, 0.15) is 0 Å². The molecular formula is C14H16O6S2. The maximum atomic E-state index is 9.88. The third-order valence-corrected chi connectivity index (χ3v) is 2.91. The van der Waals surface area contributed by atoms with E-state index in [4.69, 9.17) is 19.8 Å². The number of carbonyl (C=O) groups is 4. The van der Waals surface area contributed by atoms with Gasteiger partial charge in [-0.2, -0.15) is 0 Å². The van der Waals surface area contributed by atoms with E-state index < -0.39 is 11.9 Å². The van der Waals surface area contributed by atoms with Gasteiger partial charge in [0.2, 0.25) is 0 Å². The predicted octanol–water partition coefficient (Wildman–Crippen LogP) is 3.30. The quantitative estimate of drug-likeness (QED) is 0.809. The summed E-state index contributed by atoms with van der Waals surface area (Å²) in [7, 11) is 0. The second kappa shape index (κ2) is 15.1. The van der Waals surface area contributed by atoms with Crippen molar-refractivity contribution in [3.63, 3.8) is 0 Å². The molecular weight excluding hydrogens is 328 g/mol. The van der Waals surface area contributed by atoms with Gasteiger partial charge in [-0.15, -0.1) is 22.7 Å². The number of carbonyl (C=O) groups excluding carboxylic acids is 2. The lowest BCUT2D eigenvalue weighted by Crippen LogP contribution is -1.78. The van der Waals surface area contributed by atoms with Gasteiger partial charge in [-0.1, -0.05) is 12.1 Å². The van der Waals surface area contributed by atoms with Crippen molar-refractivity contribution in [3.05, 3.63) is 44.8 Å². The van der Waals surface area contributed by atoms with E-state index in [1.807, 2.05) is 22.9 Å². The monoisotopic (exact) mass is 344 g/mol. The first kappa shape index (κ1) is 22.0. The summed E-state index contributed by atoms with van der Waals surface area (Å²) in [4.78, 5) is 39.3. The maximum absolute atomic E-state index is 9.88. The van der Waals surface area contributed by atoms with Crippen LogP contribution in [-0.2, 0) is 9.59 Å². The van der Waals surface area contributed by atoms with E-state index in [9.17, 15) is 9.59 Å². The second-order valence-electron chi connectivity index (χ2n) is 3.30. The minimum atomic E-state index is -0.833. The van der Waals surface area contributed by atoms with E-state index in [2.05, 4.69) is 0 Å². The van der Waals surface area contributed by atoms with Gasteiger partial charge in [0.15, 0.2) is 12.6 Å². The summed E-state index contributed by atoms with van der Waals surface area (Å²) in [6.45, 7) is 2.17. The third kappa shape index (κ3) is 20.0. The molecule has 0 aliphatic carbocycles. The topological polar surface area (TPSA) is 109 Å². The Morgan fingerprint density at radius 2 is 1.14 bits per heavy atom. The Labute approximate surface area is 135 Å². The molecule has 2 N–H and O–H groups in total. The van der Waals surface area contributed by atoms with Crippen molar-refractivity contribution in [1.82, 2.24) is 0 Å². The highest BCUT2D eigenvalue weighted by Gasteiger charge is 1.83. The van der Waals surface area contributed by atoms with Gasteiger partial charge in [0.25, 0.3) is 11.9 Å². The Hall–Kier alpha value is -2.32. The lowest BCUT2D eigenvalue weighted by atomic mass is 10.5. The van der Waals surface area contributed by atoms with Crippen LogP contribution in [-0.4, -0.2) is 34.7 Å². The lowest BCUT2D eigenvalue weighted by molar-refractivity contribution is -0.135. The van der Waals surface area contributed by atoms with E-state index in [1.54, 1.807) is 12.1 Å². The van der Waals surface area contributed by atoms with Crippen molar-refractivity contribution in [2.24, 2.45) is 0 Å². The van der Waals surface area contributed by atoms with Crippen molar-refractivity contribution in [3.8, 4) is 0 Å². The van der Waals surface area contributed by atoms with Crippen molar-refractivity contribution in [1.29, 1.82) is 0 Å². The van der Waals surface area contributed by atoms with Gasteiger partial charge in [0.05, 0.1) is 9.75 Å². The zero-order valence-electron chi connectivity index (χ0n) is 12.0. The average Bonchev–Trinajstić information content (AvgIpc) is 3.11. The maximum Gasteiger partial charge on any atom is 0.300 e. The van der Waals surface area contributed by atoms with Gasteiger partial charge in [-0.25, -0.2) is 0 Å². The zero-order valence-corrected chi connectivity index (χ0v) is 13.6. The minimum Gasteiger partial charge on any atom is -0.481 e. The van der Waals surface area contributed by atoms with Crippen LogP contribution >= 0.6 is 22.7 Å². The SMILES string of the molecule is CC(=O)O.CC(=O)O.O=Cc1cccs1.O=Cc1cccs1. The van der Waals surface area contributed by atoms with Crippen LogP contribution in [0.1, 0.15) is 33.2 Å². The molecule has 0 fully saturated rings. The van der Waals surface area contributed by atoms with Gasteiger partial charge in [0, 0.05) is 13.8 Å². The van der Waals surface area contributed by atoms with Crippen LogP contribution in [0.25, 0.3) is 0 Å². The Kier molecular flexibility index (Phi) is 15.1. The first-order chi connectivity index (χ1) is 10.3. The van der Waals surface area contributed by atoms with Crippen molar-refractivity contribution in [2.75, 3.05) is 0 Å². The summed E-state index contributed by atoms with van der Waals surface area (Å²) in [6, 6.07) is 7.29. The van der Waals surface area contributed by atoms with Crippen LogP contribution < -0.4 is 0 Å². The number of hydrogen-bond acceptors (Lipinski definition) is 6. The fourth-order valence-corrected chi connectivity index (χ4v) is 1.77. The smallest absolute Gasteiger partial charge is 0.300 e. The third-order valence-electron chi connectivity index (χ3n) is 1.32. The molecule has 2 rings (SSSR count). The van der Waals surface area contributed by atoms with E-state index >= 15 is 0 Å². The fourth-order valence-electron chi connectivity index (χ4n) is 0.717. The number of aliphatic carboxylic acids is 2. The van der Waals surface area contributed by atoms with Crippen LogP contribution in [0, 0.1) is 0 Å². The molecule has 0 aromatic carbocycles. The van der Waals surface area contributed by atoms with Gasteiger partial charge < -0.3 is 10.2 Å². The van der Waals surface area contributed by atoms with Crippen LogP contribution in [0.5, 0.6) is 0 Å². The molecule has 6 nitrogen and oxygen atoms in total. The van der Waals surface area contributed by atoms with Crippen LogP contribution in [0.15, 0.2) is 35.0 Å². The molecule has 8 heteroatoms. The molecule has 0 aliphatic rings.